The number of hydrogen-bond acceptors (Lipinski definition) is 8. The molecule has 1 aromatic heterocycles. The Kier molecular flexibility index (Phi) is 8.31. The number of ether oxygens (including phenoxy) is 1. The van der Waals surface area contributed by atoms with Gasteiger partial charge < -0.3 is 15.0 Å². The minimum Gasteiger partial charge on any atom is -0.455 e. The molecule has 210 valence electrons. The van der Waals surface area contributed by atoms with Crippen LogP contribution >= 0.6 is 11.3 Å². The van der Waals surface area contributed by atoms with Crippen molar-refractivity contribution < 1.29 is 27.5 Å². The molecule has 0 atom stereocenters. The van der Waals surface area contributed by atoms with Crippen molar-refractivity contribution in [2.45, 2.75) is 27.7 Å². The van der Waals surface area contributed by atoms with Crippen LogP contribution in [0.25, 0.3) is 0 Å². The van der Waals surface area contributed by atoms with Crippen molar-refractivity contribution in [3.8, 4) is 11.5 Å². The zero-order valence-electron chi connectivity index (χ0n) is 22.6. The van der Waals surface area contributed by atoms with Crippen LogP contribution < -0.4 is 19.7 Å². The van der Waals surface area contributed by atoms with Gasteiger partial charge in [0.15, 0.2) is 5.75 Å². The van der Waals surface area contributed by atoms with Gasteiger partial charge in [-0.1, -0.05) is 24.8 Å². The molecule has 10 nitrogen and oxygen atoms in total. The number of rotatable bonds is 9. The van der Waals surface area contributed by atoms with E-state index in [1.54, 1.807) is 36.1 Å². The zero-order valence-corrected chi connectivity index (χ0v) is 24.2. The Morgan fingerprint density at radius 1 is 1.10 bits per heavy atom. The number of carbonyl (C=O) groups excluding carboxylic acids is 3. The number of anilines is 3. The van der Waals surface area contributed by atoms with Gasteiger partial charge in [0, 0.05) is 6.54 Å². The summed E-state index contributed by atoms with van der Waals surface area (Å²) in [6.45, 7) is 10.8. The van der Waals surface area contributed by atoms with Gasteiger partial charge in [0.1, 0.15) is 17.3 Å². The Hall–Kier alpha value is -4.16. The SMILES string of the molecule is C=CC(=O)N1CN(c2cc(NS(=O)(=O)CC)ccc2Oc2c(C)cccc2C)c2cc(C(=O)NCC)sc2C1=O. The van der Waals surface area contributed by atoms with Crippen molar-refractivity contribution in [2.75, 3.05) is 28.6 Å². The molecule has 0 fully saturated rings. The number of thiophene rings is 1. The molecule has 2 aromatic carbocycles. The van der Waals surface area contributed by atoms with Gasteiger partial charge in [0.2, 0.25) is 10.0 Å². The van der Waals surface area contributed by atoms with Crippen LogP contribution in [-0.4, -0.2) is 50.0 Å². The Bertz CT molecular complexity index is 1590. The maximum absolute atomic E-state index is 13.3. The summed E-state index contributed by atoms with van der Waals surface area (Å²) in [5, 5.41) is 2.73. The van der Waals surface area contributed by atoms with E-state index in [4.69, 9.17) is 4.74 Å². The van der Waals surface area contributed by atoms with Gasteiger partial charge in [-0.05, 0) is 69.2 Å². The molecule has 40 heavy (non-hydrogen) atoms. The molecule has 0 bridgehead atoms. The molecule has 0 saturated carbocycles. The zero-order chi connectivity index (χ0) is 29.2. The van der Waals surface area contributed by atoms with Gasteiger partial charge in [0.25, 0.3) is 17.7 Å². The molecular weight excluding hydrogens is 552 g/mol. The second-order valence-electron chi connectivity index (χ2n) is 9.04. The van der Waals surface area contributed by atoms with E-state index >= 15 is 0 Å². The molecule has 0 radical (unpaired) electrons. The van der Waals surface area contributed by atoms with Crippen molar-refractivity contribution in [1.82, 2.24) is 10.2 Å². The number of benzene rings is 2. The number of nitrogens with one attached hydrogen (secondary N) is 2. The largest absolute Gasteiger partial charge is 0.455 e. The highest BCUT2D eigenvalue weighted by Gasteiger charge is 2.37. The van der Waals surface area contributed by atoms with E-state index in [0.29, 0.717) is 29.4 Å². The number of para-hydroxylation sites is 1. The lowest BCUT2D eigenvalue weighted by Crippen LogP contribution is -2.46. The van der Waals surface area contributed by atoms with Crippen molar-refractivity contribution in [3.05, 3.63) is 76.0 Å². The first-order valence-corrected chi connectivity index (χ1v) is 15.0. The average Bonchev–Trinajstić information content (AvgIpc) is 3.38. The number of amides is 3. The summed E-state index contributed by atoms with van der Waals surface area (Å²) in [6, 6.07) is 12.1. The fourth-order valence-electron chi connectivity index (χ4n) is 4.18. The summed E-state index contributed by atoms with van der Waals surface area (Å²) >= 11 is 0.970. The summed E-state index contributed by atoms with van der Waals surface area (Å²) in [7, 11) is -3.61. The molecule has 3 aromatic rings. The van der Waals surface area contributed by atoms with Crippen molar-refractivity contribution in [1.29, 1.82) is 0 Å². The standard InChI is InChI=1S/C28H30N4O6S2/c1-6-24(33)32-16-31(21-15-23(27(34)29-7-2)39-26(21)28(32)35)20-14-19(30-40(36,37)8-3)12-13-22(20)38-25-17(4)10-9-11-18(25)5/h6,9-15,30H,1,7-8,16H2,2-5H3,(H,29,34). The minimum absolute atomic E-state index is 0.132. The van der Waals surface area contributed by atoms with E-state index in [9.17, 15) is 22.8 Å². The Balaban J connectivity index is 1.93. The Morgan fingerprint density at radius 3 is 2.42 bits per heavy atom. The molecule has 0 aliphatic carbocycles. The average molecular weight is 583 g/mol. The van der Waals surface area contributed by atoms with Gasteiger partial charge in [-0.3, -0.25) is 24.0 Å². The predicted molar refractivity (Wildman–Crippen MR) is 156 cm³/mol. The highest BCUT2D eigenvalue weighted by molar-refractivity contribution is 7.92. The number of nitrogens with zero attached hydrogens (tertiary/aromatic N) is 2. The van der Waals surface area contributed by atoms with Gasteiger partial charge in [-0.25, -0.2) is 8.42 Å². The first kappa shape index (κ1) is 28.8. The first-order chi connectivity index (χ1) is 19.0. The Morgan fingerprint density at radius 2 is 1.80 bits per heavy atom. The number of imide groups is 1. The van der Waals surface area contributed by atoms with Crippen LogP contribution in [-0.2, 0) is 14.8 Å². The number of hydrogen-bond donors (Lipinski definition) is 2. The maximum atomic E-state index is 13.3. The summed E-state index contributed by atoms with van der Waals surface area (Å²) in [5.74, 6) is -0.689. The predicted octanol–water partition coefficient (Wildman–Crippen LogP) is 4.93. The molecule has 3 amide bonds. The van der Waals surface area contributed by atoms with E-state index in [1.807, 2.05) is 32.0 Å². The fourth-order valence-corrected chi connectivity index (χ4v) is 5.84. The lowest BCUT2D eigenvalue weighted by molar-refractivity contribution is -0.123. The first-order valence-electron chi connectivity index (χ1n) is 12.6. The smallest absolute Gasteiger partial charge is 0.274 e. The highest BCUT2D eigenvalue weighted by atomic mass is 32.2. The van der Waals surface area contributed by atoms with E-state index in [2.05, 4.69) is 16.6 Å². The topological polar surface area (TPSA) is 125 Å². The van der Waals surface area contributed by atoms with Crippen LogP contribution in [0.4, 0.5) is 17.1 Å². The van der Waals surface area contributed by atoms with Crippen molar-refractivity contribution in [2.24, 2.45) is 0 Å². The van der Waals surface area contributed by atoms with Crippen molar-refractivity contribution in [3.63, 3.8) is 0 Å². The third kappa shape index (κ3) is 5.73. The molecule has 0 spiro atoms. The molecule has 1 aliphatic rings. The van der Waals surface area contributed by atoms with E-state index in [0.717, 1.165) is 33.4 Å². The van der Waals surface area contributed by atoms with Gasteiger partial charge >= 0.3 is 0 Å². The lowest BCUT2D eigenvalue weighted by atomic mass is 10.1. The normalized spacial score (nSPS) is 13.1. The Labute approximate surface area is 237 Å². The summed E-state index contributed by atoms with van der Waals surface area (Å²) in [4.78, 5) is 41.9. The van der Waals surface area contributed by atoms with Crippen LogP contribution in [0.3, 0.4) is 0 Å². The number of aryl methyl sites for hydroxylation is 2. The number of fused-ring (bicyclic) bond motifs is 1. The molecule has 0 unspecified atom stereocenters. The number of sulfonamides is 1. The summed E-state index contributed by atoms with van der Waals surface area (Å²) in [6.07, 6.45) is 1.04. The second-order valence-corrected chi connectivity index (χ2v) is 12.1. The molecule has 12 heteroatoms. The summed E-state index contributed by atoms with van der Waals surface area (Å²) in [5.41, 5.74) is 2.81. The molecule has 2 N–H and O–H groups in total. The third-order valence-corrected chi connectivity index (χ3v) is 8.67. The van der Waals surface area contributed by atoms with Crippen LogP contribution in [0, 0.1) is 13.8 Å². The van der Waals surface area contributed by atoms with Gasteiger partial charge in [0.05, 0.1) is 27.7 Å². The second kappa shape index (κ2) is 11.5. The van der Waals surface area contributed by atoms with E-state index in [1.165, 1.54) is 6.92 Å². The van der Waals surface area contributed by atoms with Crippen molar-refractivity contribution >= 4 is 56.1 Å². The maximum Gasteiger partial charge on any atom is 0.274 e. The highest BCUT2D eigenvalue weighted by Crippen LogP contribution is 2.45. The monoisotopic (exact) mass is 582 g/mol. The van der Waals surface area contributed by atoms with Gasteiger partial charge in [-0.15, -0.1) is 11.3 Å². The molecule has 1 aliphatic heterocycles. The fraction of sp³-hybridized carbons (Fsp3) is 0.250. The van der Waals surface area contributed by atoms with Crippen LogP contribution in [0.1, 0.15) is 44.3 Å². The molecule has 4 rings (SSSR count). The molecular formula is C28H30N4O6S2. The lowest BCUT2D eigenvalue weighted by Gasteiger charge is -2.35. The van der Waals surface area contributed by atoms with Gasteiger partial charge in [-0.2, -0.15) is 0 Å². The van der Waals surface area contributed by atoms with Crippen LogP contribution in [0.15, 0.2) is 55.1 Å². The number of carbonyl (C=O) groups is 3. The van der Waals surface area contributed by atoms with Crippen LogP contribution in [0.2, 0.25) is 0 Å². The minimum atomic E-state index is -3.61. The van der Waals surface area contributed by atoms with E-state index < -0.39 is 21.8 Å². The third-order valence-electron chi connectivity index (χ3n) is 6.25. The van der Waals surface area contributed by atoms with E-state index in [-0.39, 0.29) is 33.8 Å². The molecule has 0 saturated heterocycles. The van der Waals surface area contributed by atoms with Crippen LogP contribution in [0.5, 0.6) is 11.5 Å². The summed E-state index contributed by atoms with van der Waals surface area (Å²) < 4.78 is 33.7. The quantitative estimate of drug-likeness (QED) is 0.343. The molecule has 2 heterocycles.